The number of benzene rings is 2. The van der Waals surface area contributed by atoms with E-state index >= 15 is 0 Å². The van der Waals surface area contributed by atoms with Crippen molar-refractivity contribution in [1.29, 1.82) is 0 Å². The number of hydrogen-bond acceptors (Lipinski definition) is 2. The molecule has 0 aliphatic rings. The van der Waals surface area contributed by atoms with Crippen LogP contribution >= 0.6 is 23.2 Å². The van der Waals surface area contributed by atoms with E-state index in [-0.39, 0.29) is 11.5 Å². The van der Waals surface area contributed by atoms with Crippen molar-refractivity contribution in [3.05, 3.63) is 46.4 Å². The molecular formula is C12H8Cl2O2. The second-order valence-corrected chi connectivity index (χ2v) is 4.17. The topological polar surface area (TPSA) is 40.5 Å². The summed E-state index contributed by atoms with van der Waals surface area (Å²) in [5.74, 6) is 0.126. The third kappa shape index (κ3) is 2.08. The minimum absolute atomic E-state index is 0.0574. The Morgan fingerprint density at radius 3 is 2.25 bits per heavy atom. The van der Waals surface area contributed by atoms with E-state index in [0.717, 1.165) is 0 Å². The lowest BCUT2D eigenvalue weighted by Crippen LogP contribution is -1.81. The van der Waals surface area contributed by atoms with Gasteiger partial charge in [0.25, 0.3) is 0 Å². The molecule has 0 aliphatic carbocycles. The lowest BCUT2D eigenvalue weighted by molar-refractivity contribution is 0.462. The van der Waals surface area contributed by atoms with Gasteiger partial charge in [0.2, 0.25) is 0 Å². The van der Waals surface area contributed by atoms with Crippen molar-refractivity contribution in [3.63, 3.8) is 0 Å². The first-order chi connectivity index (χ1) is 7.58. The molecule has 0 heterocycles. The number of aromatic hydroxyl groups is 2. The number of phenols is 2. The minimum atomic E-state index is 0.0574. The summed E-state index contributed by atoms with van der Waals surface area (Å²) in [6.07, 6.45) is 0. The van der Waals surface area contributed by atoms with E-state index in [9.17, 15) is 10.2 Å². The highest BCUT2D eigenvalue weighted by molar-refractivity contribution is 6.36. The Morgan fingerprint density at radius 1 is 0.812 bits per heavy atom. The van der Waals surface area contributed by atoms with Gasteiger partial charge in [-0.3, -0.25) is 0 Å². The summed E-state index contributed by atoms with van der Waals surface area (Å²) in [4.78, 5) is 0. The predicted molar refractivity (Wildman–Crippen MR) is 65.2 cm³/mol. The second-order valence-electron chi connectivity index (χ2n) is 3.33. The van der Waals surface area contributed by atoms with E-state index < -0.39 is 0 Å². The first-order valence-electron chi connectivity index (χ1n) is 4.55. The van der Waals surface area contributed by atoms with Gasteiger partial charge in [0.1, 0.15) is 11.5 Å². The fourth-order valence-corrected chi connectivity index (χ4v) is 1.96. The second kappa shape index (κ2) is 4.24. The summed E-state index contributed by atoms with van der Waals surface area (Å²) in [5.41, 5.74) is 1.10. The molecule has 0 aliphatic heterocycles. The van der Waals surface area contributed by atoms with E-state index in [1.54, 1.807) is 18.2 Å². The zero-order valence-electron chi connectivity index (χ0n) is 8.11. The Hall–Kier alpha value is -1.38. The van der Waals surface area contributed by atoms with Crippen LogP contribution in [0.3, 0.4) is 0 Å². The fourth-order valence-electron chi connectivity index (χ4n) is 1.45. The molecule has 0 fully saturated rings. The molecule has 0 atom stereocenters. The first-order valence-corrected chi connectivity index (χ1v) is 5.31. The molecule has 0 unspecified atom stereocenters. The van der Waals surface area contributed by atoms with Crippen LogP contribution in [-0.2, 0) is 0 Å². The molecule has 0 saturated heterocycles. The lowest BCUT2D eigenvalue weighted by atomic mass is 10.0. The predicted octanol–water partition coefficient (Wildman–Crippen LogP) is 4.07. The van der Waals surface area contributed by atoms with E-state index in [1.165, 1.54) is 18.2 Å². The lowest BCUT2D eigenvalue weighted by Gasteiger charge is -2.07. The molecule has 0 radical (unpaired) electrons. The van der Waals surface area contributed by atoms with Crippen molar-refractivity contribution in [3.8, 4) is 22.6 Å². The average molecular weight is 255 g/mol. The molecule has 0 spiro atoms. The molecule has 4 heteroatoms. The average Bonchev–Trinajstić information content (AvgIpc) is 2.22. The summed E-state index contributed by atoms with van der Waals surface area (Å²) >= 11 is 11.8. The van der Waals surface area contributed by atoms with Crippen molar-refractivity contribution >= 4 is 23.2 Å². The molecule has 0 amide bonds. The third-order valence-corrected chi connectivity index (χ3v) is 2.75. The molecule has 2 aromatic carbocycles. The zero-order chi connectivity index (χ0) is 11.7. The maximum Gasteiger partial charge on any atom is 0.123 e. The summed E-state index contributed by atoms with van der Waals surface area (Å²) in [5, 5.41) is 20.0. The third-order valence-electron chi connectivity index (χ3n) is 2.20. The Labute approximate surface area is 103 Å². The molecule has 0 saturated carbocycles. The molecule has 0 bridgehead atoms. The van der Waals surface area contributed by atoms with Crippen molar-refractivity contribution in [2.75, 3.05) is 0 Å². The maximum absolute atomic E-state index is 9.68. The van der Waals surface area contributed by atoms with E-state index in [1.807, 2.05) is 0 Å². The molecule has 2 aromatic rings. The van der Waals surface area contributed by atoms with E-state index in [2.05, 4.69) is 0 Å². The maximum atomic E-state index is 9.68. The Bertz CT molecular complexity index is 539. The monoisotopic (exact) mass is 254 g/mol. The van der Waals surface area contributed by atoms with Crippen molar-refractivity contribution in [2.24, 2.45) is 0 Å². The van der Waals surface area contributed by atoms with Crippen molar-refractivity contribution in [1.82, 2.24) is 0 Å². The fraction of sp³-hybridized carbons (Fsp3) is 0. The van der Waals surface area contributed by atoms with Crippen LogP contribution in [0.2, 0.25) is 10.0 Å². The molecule has 2 N–H and O–H groups in total. The van der Waals surface area contributed by atoms with Gasteiger partial charge in [-0.2, -0.15) is 0 Å². The summed E-state index contributed by atoms with van der Waals surface area (Å²) < 4.78 is 0. The minimum Gasteiger partial charge on any atom is -0.508 e. The first kappa shape index (κ1) is 11.1. The molecule has 16 heavy (non-hydrogen) atoms. The van der Waals surface area contributed by atoms with Gasteiger partial charge in [0, 0.05) is 16.1 Å². The standard InChI is InChI=1S/C12H8Cl2O2/c13-7-1-3-9(11(14)5-7)10-6-8(15)2-4-12(10)16/h1-6,15-16H. The SMILES string of the molecule is Oc1ccc(O)c(-c2ccc(Cl)cc2Cl)c1. The van der Waals surface area contributed by atoms with Gasteiger partial charge < -0.3 is 10.2 Å². The van der Waals surface area contributed by atoms with Gasteiger partial charge >= 0.3 is 0 Å². The molecule has 2 rings (SSSR count). The Balaban J connectivity index is 2.62. The van der Waals surface area contributed by atoms with Crippen LogP contribution in [0.5, 0.6) is 11.5 Å². The number of phenolic OH excluding ortho intramolecular Hbond substituents is 2. The van der Waals surface area contributed by atoms with Crippen LogP contribution in [0, 0.1) is 0 Å². The summed E-state index contributed by atoms with van der Waals surface area (Å²) in [6.45, 7) is 0. The van der Waals surface area contributed by atoms with Gasteiger partial charge in [-0.15, -0.1) is 0 Å². The van der Waals surface area contributed by atoms with Crippen LogP contribution < -0.4 is 0 Å². The normalized spacial score (nSPS) is 10.4. The molecule has 2 nitrogen and oxygen atoms in total. The van der Waals surface area contributed by atoms with Gasteiger partial charge in [-0.05, 0) is 30.3 Å². The zero-order valence-corrected chi connectivity index (χ0v) is 9.63. The van der Waals surface area contributed by atoms with Crippen LogP contribution in [-0.4, -0.2) is 10.2 Å². The van der Waals surface area contributed by atoms with Gasteiger partial charge in [-0.1, -0.05) is 29.3 Å². The Kier molecular flexibility index (Phi) is 2.95. The van der Waals surface area contributed by atoms with Crippen LogP contribution in [0.25, 0.3) is 11.1 Å². The van der Waals surface area contributed by atoms with Crippen molar-refractivity contribution < 1.29 is 10.2 Å². The van der Waals surface area contributed by atoms with Gasteiger partial charge in [0.05, 0.1) is 5.02 Å². The summed E-state index contributed by atoms with van der Waals surface area (Å²) in [6, 6.07) is 9.22. The van der Waals surface area contributed by atoms with Crippen LogP contribution in [0.1, 0.15) is 0 Å². The molecule has 82 valence electrons. The highest BCUT2D eigenvalue weighted by Crippen LogP contribution is 2.37. The van der Waals surface area contributed by atoms with Crippen LogP contribution in [0.4, 0.5) is 0 Å². The largest absolute Gasteiger partial charge is 0.508 e. The quantitative estimate of drug-likeness (QED) is 0.754. The van der Waals surface area contributed by atoms with Gasteiger partial charge in [0.15, 0.2) is 0 Å². The highest BCUT2D eigenvalue weighted by Gasteiger charge is 2.09. The number of halogens is 2. The van der Waals surface area contributed by atoms with E-state index in [0.29, 0.717) is 21.2 Å². The number of hydrogen-bond donors (Lipinski definition) is 2. The van der Waals surface area contributed by atoms with Gasteiger partial charge in [-0.25, -0.2) is 0 Å². The Morgan fingerprint density at radius 2 is 1.56 bits per heavy atom. The smallest absolute Gasteiger partial charge is 0.123 e. The number of rotatable bonds is 1. The van der Waals surface area contributed by atoms with E-state index in [4.69, 9.17) is 23.2 Å². The molecule has 0 aromatic heterocycles. The highest BCUT2D eigenvalue weighted by atomic mass is 35.5. The van der Waals surface area contributed by atoms with Crippen molar-refractivity contribution in [2.45, 2.75) is 0 Å². The molecular weight excluding hydrogens is 247 g/mol. The van der Waals surface area contributed by atoms with Crippen LogP contribution in [0.15, 0.2) is 36.4 Å². The summed E-state index contributed by atoms with van der Waals surface area (Å²) in [7, 11) is 0.